The normalized spacial score (nSPS) is 13.4. The summed E-state index contributed by atoms with van der Waals surface area (Å²) in [5.74, 6) is 0.795. The molecule has 1 aromatic rings. The van der Waals surface area contributed by atoms with Gasteiger partial charge in [0.2, 0.25) is 5.95 Å². The highest BCUT2D eigenvalue weighted by molar-refractivity contribution is 5.29. The largest absolute Gasteiger partial charge is 0.341 e. The van der Waals surface area contributed by atoms with Crippen molar-refractivity contribution < 1.29 is 0 Å². The van der Waals surface area contributed by atoms with E-state index in [0.717, 1.165) is 24.5 Å². The molecule has 0 aromatic carbocycles. The minimum Gasteiger partial charge on any atom is -0.341 e. The van der Waals surface area contributed by atoms with Crippen molar-refractivity contribution in [1.29, 1.82) is 0 Å². The maximum absolute atomic E-state index is 4.42. The molecule has 1 unspecified atom stereocenters. The van der Waals surface area contributed by atoms with E-state index in [0.29, 0.717) is 6.04 Å². The zero-order valence-corrected chi connectivity index (χ0v) is 12.5. The zero-order chi connectivity index (χ0) is 13.8. The van der Waals surface area contributed by atoms with Crippen LogP contribution in [0.1, 0.15) is 46.6 Å². The summed E-state index contributed by atoms with van der Waals surface area (Å²) >= 11 is 0. The van der Waals surface area contributed by atoms with Gasteiger partial charge in [0.25, 0.3) is 0 Å². The van der Waals surface area contributed by atoms with Crippen molar-refractivity contribution in [2.75, 3.05) is 11.9 Å². The van der Waals surface area contributed by atoms with Gasteiger partial charge in [-0.3, -0.25) is 0 Å². The van der Waals surface area contributed by atoms with E-state index in [-0.39, 0.29) is 5.54 Å². The third-order valence-corrected chi connectivity index (χ3v) is 3.08. The fourth-order valence-corrected chi connectivity index (χ4v) is 1.46. The summed E-state index contributed by atoms with van der Waals surface area (Å²) in [5, 5.41) is 3.43. The Bertz CT molecular complexity index is 353. The van der Waals surface area contributed by atoms with Gasteiger partial charge >= 0.3 is 0 Å². The molecule has 0 aliphatic rings. The molecule has 4 heteroatoms. The van der Waals surface area contributed by atoms with Crippen LogP contribution in [0.3, 0.4) is 0 Å². The minimum absolute atomic E-state index is 0.117. The van der Waals surface area contributed by atoms with Gasteiger partial charge in [-0.15, -0.1) is 0 Å². The van der Waals surface area contributed by atoms with Crippen molar-refractivity contribution >= 4 is 5.95 Å². The fraction of sp³-hybridized carbons (Fsp3) is 0.714. The van der Waals surface area contributed by atoms with Crippen LogP contribution in [0.15, 0.2) is 12.4 Å². The van der Waals surface area contributed by atoms with Gasteiger partial charge in [0.1, 0.15) is 0 Å². The molecule has 1 N–H and O–H groups in total. The van der Waals surface area contributed by atoms with Crippen molar-refractivity contribution in [3.05, 3.63) is 18.0 Å². The Hall–Kier alpha value is -1.16. The van der Waals surface area contributed by atoms with E-state index in [1.807, 2.05) is 19.4 Å². The maximum Gasteiger partial charge on any atom is 0.225 e. The third-order valence-electron chi connectivity index (χ3n) is 3.08. The van der Waals surface area contributed by atoms with E-state index in [4.69, 9.17) is 0 Å². The molecule has 0 spiro atoms. The number of anilines is 1. The Morgan fingerprint density at radius 1 is 1.28 bits per heavy atom. The molecule has 18 heavy (non-hydrogen) atoms. The van der Waals surface area contributed by atoms with Crippen LogP contribution in [0.4, 0.5) is 5.95 Å². The Morgan fingerprint density at radius 3 is 2.28 bits per heavy atom. The lowest BCUT2D eigenvalue weighted by Crippen LogP contribution is -2.35. The molecule has 0 saturated heterocycles. The first-order chi connectivity index (χ1) is 8.33. The first-order valence-corrected chi connectivity index (χ1v) is 6.62. The van der Waals surface area contributed by atoms with E-state index in [2.05, 4.69) is 54.8 Å². The molecule has 102 valence electrons. The molecule has 0 aliphatic heterocycles. The fourth-order valence-electron chi connectivity index (χ4n) is 1.46. The molecule has 0 fully saturated rings. The van der Waals surface area contributed by atoms with Crippen LogP contribution in [0.25, 0.3) is 0 Å². The summed E-state index contributed by atoms with van der Waals surface area (Å²) < 4.78 is 0. The van der Waals surface area contributed by atoms with Crippen LogP contribution in [0.2, 0.25) is 0 Å². The lowest BCUT2D eigenvalue weighted by Gasteiger charge is -2.24. The second-order valence-electron chi connectivity index (χ2n) is 5.86. The molecule has 0 saturated carbocycles. The molecule has 1 atom stereocenters. The van der Waals surface area contributed by atoms with E-state index in [1.54, 1.807) is 0 Å². The van der Waals surface area contributed by atoms with Gasteiger partial charge in [-0.25, -0.2) is 9.97 Å². The maximum atomic E-state index is 4.42. The van der Waals surface area contributed by atoms with Gasteiger partial charge in [0.05, 0.1) is 0 Å². The van der Waals surface area contributed by atoms with E-state index in [1.165, 1.54) is 0 Å². The van der Waals surface area contributed by atoms with Crippen LogP contribution in [-0.4, -0.2) is 28.6 Å². The number of nitrogens with zero attached hydrogens (tertiary/aromatic N) is 3. The molecule has 0 bridgehead atoms. The summed E-state index contributed by atoms with van der Waals surface area (Å²) in [7, 11) is 2.04. The van der Waals surface area contributed by atoms with Gasteiger partial charge in [-0.1, -0.05) is 6.92 Å². The molecule has 1 aromatic heterocycles. The zero-order valence-electron chi connectivity index (χ0n) is 12.5. The number of aromatic nitrogens is 2. The average molecular weight is 250 g/mol. The van der Waals surface area contributed by atoms with Crippen LogP contribution in [0, 0.1) is 0 Å². The van der Waals surface area contributed by atoms with Crippen molar-refractivity contribution in [2.24, 2.45) is 0 Å². The molecule has 1 rings (SSSR count). The molecule has 4 nitrogen and oxygen atoms in total. The standard InChI is InChI=1S/C14H26N4/c1-7-11(2)18(6)13-15-8-12(9-16-13)10-17-14(3,4)5/h8-9,11,17H,7,10H2,1-6H3. The quantitative estimate of drug-likeness (QED) is 0.872. The average Bonchev–Trinajstić information content (AvgIpc) is 2.34. The topological polar surface area (TPSA) is 41.1 Å². The van der Waals surface area contributed by atoms with Gasteiger partial charge < -0.3 is 10.2 Å². The van der Waals surface area contributed by atoms with E-state index >= 15 is 0 Å². The number of rotatable bonds is 5. The molecular weight excluding hydrogens is 224 g/mol. The lowest BCUT2D eigenvalue weighted by molar-refractivity contribution is 0.423. The second kappa shape index (κ2) is 6.14. The molecular formula is C14H26N4. The highest BCUT2D eigenvalue weighted by Gasteiger charge is 2.11. The van der Waals surface area contributed by atoms with Gasteiger partial charge in [-0.2, -0.15) is 0 Å². The predicted molar refractivity (Wildman–Crippen MR) is 76.8 cm³/mol. The Balaban J connectivity index is 2.63. The van der Waals surface area contributed by atoms with Gasteiger partial charge in [0.15, 0.2) is 0 Å². The minimum atomic E-state index is 0.117. The van der Waals surface area contributed by atoms with Gasteiger partial charge in [-0.05, 0) is 34.1 Å². The Morgan fingerprint density at radius 2 is 1.83 bits per heavy atom. The van der Waals surface area contributed by atoms with E-state index in [9.17, 15) is 0 Å². The summed E-state index contributed by atoms with van der Waals surface area (Å²) in [6.45, 7) is 11.6. The smallest absolute Gasteiger partial charge is 0.225 e. The number of hydrogen-bond donors (Lipinski definition) is 1. The van der Waals surface area contributed by atoms with Crippen molar-refractivity contribution in [1.82, 2.24) is 15.3 Å². The van der Waals surface area contributed by atoms with Crippen LogP contribution >= 0.6 is 0 Å². The van der Waals surface area contributed by atoms with Crippen molar-refractivity contribution in [2.45, 2.75) is 59.2 Å². The van der Waals surface area contributed by atoms with Crippen LogP contribution in [0.5, 0.6) is 0 Å². The monoisotopic (exact) mass is 250 g/mol. The molecule has 0 amide bonds. The molecule has 1 heterocycles. The number of hydrogen-bond acceptors (Lipinski definition) is 4. The summed E-state index contributed by atoms with van der Waals surface area (Å²) in [6.07, 6.45) is 4.90. The second-order valence-corrected chi connectivity index (χ2v) is 5.86. The molecule has 0 radical (unpaired) electrons. The molecule has 0 aliphatic carbocycles. The number of nitrogens with one attached hydrogen (secondary N) is 1. The summed E-state index contributed by atoms with van der Waals surface area (Å²) in [5.41, 5.74) is 1.23. The highest BCUT2D eigenvalue weighted by atomic mass is 15.2. The predicted octanol–water partition coefficient (Wildman–Crippen LogP) is 2.60. The van der Waals surface area contributed by atoms with Gasteiger partial charge in [0, 0.05) is 43.1 Å². The third kappa shape index (κ3) is 4.61. The van der Waals surface area contributed by atoms with Crippen molar-refractivity contribution in [3.63, 3.8) is 0 Å². The summed E-state index contributed by atoms with van der Waals surface area (Å²) in [6, 6.07) is 0.462. The van der Waals surface area contributed by atoms with E-state index < -0.39 is 0 Å². The lowest BCUT2D eigenvalue weighted by atomic mass is 10.1. The Kier molecular flexibility index (Phi) is 5.08. The van der Waals surface area contributed by atoms with Crippen LogP contribution in [-0.2, 0) is 6.54 Å². The van der Waals surface area contributed by atoms with Crippen molar-refractivity contribution in [3.8, 4) is 0 Å². The highest BCUT2D eigenvalue weighted by Crippen LogP contribution is 2.11. The first-order valence-electron chi connectivity index (χ1n) is 6.62. The Labute approximate surface area is 111 Å². The van der Waals surface area contributed by atoms with Crippen LogP contribution < -0.4 is 10.2 Å². The summed E-state index contributed by atoms with van der Waals surface area (Å²) in [4.78, 5) is 11.0. The SMILES string of the molecule is CCC(C)N(C)c1ncc(CNC(C)(C)C)cn1. The first kappa shape index (κ1) is 14.9.